The number of rotatable bonds is 4. The number of guanidine groups is 1. The second-order valence-electron chi connectivity index (χ2n) is 5.54. The van der Waals surface area contributed by atoms with Gasteiger partial charge in [0, 0.05) is 25.0 Å². The summed E-state index contributed by atoms with van der Waals surface area (Å²) in [5, 5.41) is 17.1. The Labute approximate surface area is 137 Å². The molecule has 1 fully saturated rings. The Morgan fingerprint density at radius 2 is 2.05 bits per heavy atom. The lowest BCUT2D eigenvalue weighted by Crippen LogP contribution is -2.43. The van der Waals surface area contributed by atoms with Crippen LogP contribution in [0.4, 0.5) is 0 Å². The highest BCUT2D eigenvalue weighted by atomic mass is 127. The topological polar surface area (TPSA) is 56.6 Å². The molecule has 0 amide bonds. The third-order valence-electron chi connectivity index (χ3n) is 4.09. The summed E-state index contributed by atoms with van der Waals surface area (Å²) < 4.78 is 0. The van der Waals surface area contributed by atoms with E-state index in [1.807, 2.05) is 30.3 Å². The number of aliphatic imine (C=N–C) groups is 1. The van der Waals surface area contributed by atoms with Crippen LogP contribution >= 0.6 is 24.0 Å². The first kappa shape index (κ1) is 15.6. The van der Waals surface area contributed by atoms with Gasteiger partial charge in [-0.1, -0.05) is 30.3 Å². The van der Waals surface area contributed by atoms with E-state index in [4.69, 9.17) is 0 Å². The third kappa shape index (κ3) is 3.44. The molecule has 0 bridgehead atoms. The molecule has 20 heavy (non-hydrogen) atoms. The number of nitrogens with zero attached hydrogens (tertiary/aromatic N) is 1. The summed E-state index contributed by atoms with van der Waals surface area (Å²) in [6, 6.07) is 9.95. The zero-order chi connectivity index (χ0) is 13.1. The highest BCUT2D eigenvalue weighted by Gasteiger charge is 2.49. The van der Waals surface area contributed by atoms with E-state index in [-0.39, 0.29) is 35.5 Å². The normalized spacial score (nSPS) is 20.9. The summed E-state index contributed by atoms with van der Waals surface area (Å²) in [6.07, 6.45) is 2.86. The largest absolute Gasteiger partial charge is 0.388 e. The van der Waals surface area contributed by atoms with Crippen molar-refractivity contribution in [1.82, 2.24) is 10.6 Å². The number of hydrogen-bond donors (Lipinski definition) is 3. The molecular formula is C15H22IN3O. The van der Waals surface area contributed by atoms with Crippen LogP contribution in [0.15, 0.2) is 35.3 Å². The number of halogens is 1. The van der Waals surface area contributed by atoms with E-state index < -0.39 is 0 Å². The molecule has 1 aromatic carbocycles. The lowest BCUT2D eigenvalue weighted by atomic mass is 9.93. The first-order valence-electron chi connectivity index (χ1n) is 7.05. The van der Waals surface area contributed by atoms with Gasteiger partial charge in [0.15, 0.2) is 5.96 Å². The molecule has 1 aliphatic carbocycles. The molecule has 0 aromatic heterocycles. The average Bonchev–Trinajstić information content (AvgIpc) is 3.28. The van der Waals surface area contributed by atoms with Crippen molar-refractivity contribution < 1.29 is 5.11 Å². The molecule has 4 nitrogen and oxygen atoms in total. The first-order valence-corrected chi connectivity index (χ1v) is 7.05. The van der Waals surface area contributed by atoms with Gasteiger partial charge in [-0.05, 0) is 24.8 Å². The van der Waals surface area contributed by atoms with E-state index >= 15 is 0 Å². The van der Waals surface area contributed by atoms with E-state index in [9.17, 15) is 5.11 Å². The second-order valence-corrected chi connectivity index (χ2v) is 5.54. The van der Waals surface area contributed by atoms with Gasteiger partial charge in [0.2, 0.25) is 0 Å². The van der Waals surface area contributed by atoms with Gasteiger partial charge >= 0.3 is 0 Å². The summed E-state index contributed by atoms with van der Waals surface area (Å²) in [5.74, 6) is 0.887. The highest BCUT2D eigenvalue weighted by molar-refractivity contribution is 14.0. The minimum Gasteiger partial charge on any atom is -0.388 e. The molecule has 0 spiro atoms. The quantitative estimate of drug-likeness (QED) is 0.694. The van der Waals surface area contributed by atoms with Crippen LogP contribution < -0.4 is 10.6 Å². The third-order valence-corrected chi connectivity index (χ3v) is 4.09. The van der Waals surface area contributed by atoms with Crippen LogP contribution in [-0.2, 0) is 0 Å². The van der Waals surface area contributed by atoms with Gasteiger partial charge < -0.3 is 15.7 Å². The second kappa shape index (κ2) is 6.76. The Kier molecular flexibility index (Phi) is 5.26. The fraction of sp³-hybridized carbons (Fsp3) is 0.533. The number of aliphatic hydroxyl groups excluding tert-OH is 1. The standard InChI is InChI=1S/C15H21N3O.HI/c19-13(12-5-2-1-3-6-12)15(7-8-15)11-18-14-16-9-4-10-17-14;/h1-3,5-6,13,19H,4,7-11H2,(H2,16,17,18);1H. The van der Waals surface area contributed by atoms with E-state index in [1.165, 1.54) is 0 Å². The molecule has 1 saturated carbocycles. The van der Waals surface area contributed by atoms with Crippen molar-refractivity contribution in [2.45, 2.75) is 25.4 Å². The molecule has 1 aromatic rings. The maximum Gasteiger partial charge on any atom is 0.191 e. The molecule has 0 saturated heterocycles. The van der Waals surface area contributed by atoms with E-state index in [2.05, 4.69) is 15.6 Å². The zero-order valence-electron chi connectivity index (χ0n) is 11.5. The number of nitrogens with one attached hydrogen (secondary N) is 2. The molecule has 3 rings (SSSR count). The Balaban J connectivity index is 0.00000147. The number of benzene rings is 1. The smallest absolute Gasteiger partial charge is 0.191 e. The zero-order valence-corrected chi connectivity index (χ0v) is 13.8. The molecular weight excluding hydrogens is 365 g/mol. The molecule has 1 aliphatic heterocycles. The molecule has 3 N–H and O–H groups in total. The maximum atomic E-state index is 10.5. The van der Waals surface area contributed by atoms with Gasteiger partial charge in [-0.15, -0.1) is 24.0 Å². The van der Waals surface area contributed by atoms with Crippen LogP contribution in [0.1, 0.15) is 30.9 Å². The predicted octanol–water partition coefficient (Wildman–Crippen LogP) is 2.06. The highest BCUT2D eigenvalue weighted by Crippen LogP contribution is 2.54. The fourth-order valence-electron chi connectivity index (χ4n) is 2.61. The molecule has 2 aliphatic rings. The van der Waals surface area contributed by atoms with E-state index in [0.29, 0.717) is 0 Å². The summed E-state index contributed by atoms with van der Waals surface area (Å²) in [4.78, 5) is 4.41. The molecule has 1 unspecified atom stereocenters. The number of aliphatic hydroxyl groups is 1. The van der Waals surface area contributed by atoms with Crippen LogP contribution in [0.3, 0.4) is 0 Å². The molecule has 0 radical (unpaired) electrons. The van der Waals surface area contributed by atoms with Crippen LogP contribution in [-0.4, -0.2) is 30.7 Å². The number of hydrogen-bond acceptors (Lipinski definition) is 4. The molecule has 5 heteroatoms. The molecule has 1 heterocycles. The SMILES string of the molecule is I.OC(c1ccccc1)C1(CNC2=NCCCN2)CC1. The van der Waals surface area contributed by atoms with Crippen molar-refractivity contribution in [3.05, 3.63) is 35.9 Å². The Bertz CT molecular complexity index is 459. The summed E-state index contributed by atoms with van der Waals surface area (Å²) in [5.41, 5.74) is 1.00. The van der Waals surface area contributed by atoms with Crippen LogP contribution in [0.2, 0.25) is 0 Å². The minimum absolute atomic E-state index is 0. The molecule has 110 valence electrons. The monoisotopic (exact) mass is 387 g/mol. The predicted molar refractivity (Wildman–Crippen MR) is 91.4 cm³/mol. The van der Waals surface area contributed by atoms with Gasteiger partial charge in [-0.3, -0.25) is 4.99 Å². The Morgan fingerprint density at radius 1 is 1.30 bits per heavy atom. The lowest BCUT2D eigenvalue weighted by molar-refractivity contribution is 0.0947. The minimum atomic E-state index is -0.384. The lowest BCUT2D eigenvalue weighted by Gasteiger charge is -2.25. The van der Waals surface area contributed by atoms with E-state index in [0.717, 1.165) is 50.4 Å². The van der Waals surface area contributed by atoms with Crippen LogP contribution in [0.25, 0.3) is 0 Å². The van der Waals surface area contributed by atoms with Crippen molar-refractivity contribution in [1.29, 1.82) is 0 Å². The van der Waals surface area contributed by atoms with Gasteiger partial charge in [0.25, 0.3) is 0 Å². The summed E-state index contributed by atoms with van der Waals surface area (Å²) >= 11 is 0. The van der Waals surface area contributed by atoms with Crippen molar-refractivity contribution in [2.75, 3.05) is 19.6 Å². The van der Waals surface area contributed by atoms with Gasteiger partial charge in [0.05, 0.1) is 6.10 Å². The van der Waals surface area contributed by atoms with Gasteiger partial charge in [-0.25, -0.2) is 0 Å². The summed E-state index contributed by atoms with van der Waals surface area (Å²) in [7, 11) is 0. The van der Waals surface area contributed by atoms with Crippen LogP contribution in [0.5, 0.6) is 0 Å². The summed E-state index contributed by atoms with van der Waals surface area (Å²) in [6.45, 7) is 2.67. The van der Waals surface area contributed by atoms with Gasteiger partial charge in [-0.2, -0.15) is 0 Å². The van der Waals surface area contributed by atoms with Crippen molar-refractivity contribution in [2.24, 2.45) is 10.4 Å². The average molecular weight is 387 g/mol. The Morgan fingerprint density at radius 3 is 2.65 bits per heavy atom. The van der Waals surface area contributed by atoms with Crippen molar-refractivity contribution in [3.8, 4) is 0 Å². The first-order chi connectivity index (χ1) is 9.30. The Hall–Kier alpha value is -0.820. The van der Waals surface area contributed by atoms with Gasteiger partial charge in [0.1, 0.15) is 0 Å². The van der Waals surface area contributed by atoms with Crippen LogP contribution in [0, 0.1) is 5.41 Å². The van der Waals surface area contributed by atoms with Crippen molar-refractivity contribution >= 4 is 29.9 Å². The maximum absolute atomic E-state index is 10.5. The van der Waals surface area contributed by atoms with E-state index in [1.54, 1.807) is 0 Å². The fourth-order valence-corrected chi connectivity index (χ4v) is 2.61. The van der Waals surface area contributed by atoms with Crippen molar-refractivity contribution in [3.63, 3.8) is 0 Å². The molecule has 1 atom stereocenters.